The van der Waals surface area contributed by atoms with Gasteiger partial charge in [0.05, 0.1) is 18.4 Å². The van der Waals surface area contributed by atoms with Gasteiger partial charge in [-0.2, -0.15) is 0 Å². The molecular formula is C17H23N3. The zero-order valence-corrected chi connectivity index (χ0v) is 12.7. The van der Waals surface area contributed by atoms with Crippen LogP contribution in [0.1, 0.15) is 56.4 Å². The molecule has 0 saturated carbocycles. The zero-order chi connectivity index (χ0) is 14.5. The lowest BCUT2D eigenvalue weighted by molar-refractivity contribution is 0.832. The Labute approximate surface area is 121 Å². The maximum atomic E-state index is 4.29. The Morgan fingerprint density at radius 1 is 1.05 bits per heavy atom. The summed E-state index contributed by atoms with van der Waals surface area (Å²) in [7, 11) is 0. The van der Waals surface area contributed by atoms with Crippen LogP contribution in [-0.2, 0) is 6.54 Å². The van der Waals surface area contributed by atoms with Crippen LogP contribution in [0.3, 0.4) is 0 Å². The highest BCUT2D eigenvalue weighted by molar-refractivity contribution is 5.54. The number of benzene rings is 1. The highest BCUT2D eigenvalue weighted by Gasteiger charge is 2.09. The van der Waals surface area contributed by atoms with Crippen molar-refractivity contribution in [2.24, 2.45) is 0 Å². The maximum Gasteiger partial charge on any atom is 0.0777 e. The summed E-state index contributed by atoms with van der Waals surface area (Å²) >= 11 is 0. The molecule has 1 aromatic heterocycles. The Morgan fingerprint density at radius 2 is 1.85 bits per heavy atom. The molecule has 0 spiro atoms. The van der Waals surface area contributed by atoms with E-state index in [1.165, 1.54) is 16.8 Å². The quantitative estimate of drug-likeness (QED) is 0.877. The summed E-state index contributed by atoms with van der Waals surface area (Å²) in [6.45, 7) is 9.62. The topological polar surface area (TPSA) is 37.8 Å². The molecule has 3 heteroatoms. The molecule has 0 bridgehead atoms. The SMILES string of the molecule is CC(C)c1ccc(NCc2cnccn2)c(C(C)C)c1. The molecule has 0 aliphatic heterocycles. The molecule has 0 atom stereocenters. The van der Waals surface area contributed by atoms with Gasteiger partial charge in [0.15, 0.2) is 0 Å². The van der Waals surface area contributed by atoms with Crippen LogP contribution in [0.2, 0.25) is 0 Å². The van der Waals surface area contributed by atoms with Gasteiger partial charge in [-0.05, 0) is 29.0 Å². The first-order chi connectivity index (χ1) is 9.58. The fraction of sp³-hybridized carbons (Fsp3) is 0.412. The molecule has 0 unspecified atom stereocenters. The minimum atomic E-state index is 0.498. The lowest BCUT2D eigenvalue weighted by atomic mass is 9.94. The lowest BCUT2D eigenvalue weighted by Crippen LogP contribution is -2.06. The molecule has 0 saturated heterocycles. The molecule has 2 aromatic rings. The van der Waals surface area contributed by atoms with Crippen molar-refractivity contribution in [2.45, 2.75) is 46.1 Å². The fourth-order valence-electron chi connectivity index (χ4n) is 2.19. The van der Waals surface area contributed by atoms with Crippen molar-refractivity contribution in [3.63, 3.8) is 0 Å². The minimum absolute atomic E-state index is 0.498. The molecule has 0 radical (unpaired) electrons. The lowest BCUT2D eigenvalue weighted by Gasteiger charge is -2.17. The van der Waals surface area contributed by atoms with Crippen LogP contribution < -0.4 is 5.32 Å². The highest BCUT2D eigenvalue weighted by atomic mass is 14.9. The van der Waals surface area contributed by atoms with Gasteiger partial charge in [-0.3, -0.25) is 9.97 Å². The van der Waals surface area contributed by atoms with Crippen molar-refractivity contribution in [3.8, 4) is 0 Å². The van der Waals surface area contributed by atoms with Crippen LogP contribution in [0.4, 0.5) is 5.69 Å². The molecule has 0 aliphatic rings. The Bertz CT molecular complexity index is 547. The maximum absolute atomic E-state index is 4.29. The van der Waals surface area contributed by atoms with E-state index < -0.39 is 0 Å². The molecule has 1 aromatic carbocycles. The van der Waals surface area contributed by atoms with Gasteiger partial charge in [0.25, 0.3) is 0 Å². The Balaban J connectivity index is 2.18. The van der Waals surface area contributed by atoms with E-state index in [9.17, 15) is 0 Å². The van der Waals surface area contributed by atoms with E-state index in [0.717, 1.165) is 5.69 Å². The summed E-state index contributed by atoms with van der Waals surface area (Å²) in [6, 6.07) is 6.70. The van der Waals surface area contributed by atoms with Gasteiger partial charge in [-0.15, -0.1) is 0 Å². The van der Waals surface area contributed by atoms with Crippen LogP contribution in [0.5, 0.6) is 0 Å². The molecule has 20 heavy (non-hydrogen) atoms. The number of aromatic nitrogens is 2. The summed E-state index contributed by atoms with van der Waals surface area (Å²) in [6.07, 6.45) is 5.22. The summed E-state index contributed by atoms with van der Waals surface area (Å²) < 4.78 is 0. The molecular weight excluding hydrogens is 246 g/mol. The smallest absolute Gasteiger partial charge is 0.0777 e. The van der Waals surface area contributed by atoms with E-state index >= 15 is 0 Å². The van der Waals surface area contributed by atoms with Gasteiger partial charge in [0, 0.05) is 18.1 Å². The van der Waals surface area contributed by atoms with E-state index in [1.807, 2.05) is 0 Å². The minimum Gasteiger partial charge on any atom is -0.379 e. The van der Waals surface area contributed by atoms with E-state index in [4.69, 9.17) is 0 Å². The number of hydrogen-bond donors (Lipinski definition) is 1. The Morgan fingerprint density at radius 3 is 2.45 bits per heavy atom. The third-order valence-electron chi connectivity index (χ3n) is 3.44. The van der Waals surface area contributed by atoms with Gasteiger partial charge in [-0.25, -0.2) is 0 Å². The number of nitrogens with zero attached hydrogens (tertiary/aromatic N) is 2. The number of nitrogens with one attached hydrogen (secondary N) is 1. The molecule has 3 nitrogen and oxygen atoms in total. The second-order valence-electron chi connectivity index (χ2n) is 5.71. The third kappa shape index (κ3) is 3.56. The average Bonchev–Trinajstić information content (AvgIpc) is 2.45. The predicted octanol–water partition coefficient (Wildman–Crippen LogP) is 4.34. The molecule has 106 valence electrons. The van der Waals surface area contributed by atoms with Crippen molar-refractivity contribution in [2.75, 3.05) is 5.32 Å². The van der Waals surface area contributed by atoms with Crippen molar-refractivity contribution in [1.29, 1.82) is 0 Å². The zero-order valence-electron chi connectivity index (χ0n) is 12.7. The first kappa shape index (κ1) is 14.5. The second-order valence-corrected chi connectivity index (χ2v) is 5.71. The Kier molecular flexibility index (Phi) is 4.72. The van der Waals surface area contributed by atoms with Crippen LogP contribution in [0.25, 0.3) is 0 Å². The van der Waals surface area contributed by atoms with Crippen molar-refractivity contribution in [3.05, 3.63) is 53.6 Å². The van der Waals surface area contributed by atoms with Gasteiger partial charge in [0.1, 0.15) is 0 Å². The molecule has 0 aliphatic carbocycles. The van der Waals surface area contributed by atoms with Gasteiger partial charge >= 0.3 is 0 Å². The van der Waals surface area contributed by atoms with Crippen molar-refractivity contribution < 1.29 is 0 Å². The van der Waals surface area contributed by atoms with E-state index in [2.05, 4.69) is 61.2 Å². The van der Waals surface area contributed by atoms with Crippen LogP contribution in [0, 0.1) is 0 Å². The standard InChI is InChI=1S/C17H23N3/c1-12(2)14-5-6-17(16(9-14)13(3)4)20-11-15-10-18-7-8-19-15/h5-10,12-13,20H,11H2,1-4H3. The van der Waals surface area contributed by atoms with Gasteiger partial charge < -0.3 is 5.32 Å². The Hall–Kier alpha value is -1.90. The summed E-state index contributed by atoms with van der Waals surface area (Å²) in [5, 5.41) is 3.47. The van der Waals surface area contributed by atoms with Gasteiger partial charge in [-0.1, -0.05) is 39.8 Å². The first-order valence-electron chi connectivity index (χ1n) is 7.20. The summed E-state index contributed by atoms with van der Waals surface area (Å²) in [5.41, 5.74) is 4.89. The van der Waals surface area contributed by atoms with Crippen LogP contribution >= 0.6 is 0 Å². The monoisotopic (exact) mass is 269 g/mol. The molecule has 0 amide bonds. The van der Waals surface area contributed by atoms with E-state index in [-0.39, 0.29) is 0 Å². The summed E-state index contributed by atoms with van der Waals surface area (Å²) in [4.78, 5) is 8.38. The second kappa shape index (κ2) is 6.51. The fourth-order valence-corrected chi connectivity index (χ4v) is 2.19. The average molecular weight is 269 g/mol. The molecule has 1 N–H and O–H groups in total. The molecule has 0 fully saturated rings. The number of hydrogen-bond acceptors (Lipinski definition) is 3. The first-order valence-corrected chi connectivity index (χ1v) is 7.20. The van der Waals surface area contributed by atoms with Crippen LogP contribution in [0.15, 0.2) is 36.8 Å². The highest BCUT2D eigenvalue weighted by Crippen LogP contribution is 2.28. The van der Waals surface area contributed by atoms with E-state index in [1.54, 1.807) is 18.6 Å². The molecule has 1 heterocycles. The van der Waals surface area contributed by atoms with Crippen molar-refractivity contribution in [1.82, 2.24) is 9.97 Å². The van der Waals surface area contributed by atoms with E-state index in [0.29, 0.717) is 18.4 Å². The largest absolute Gasteiger partial charge is 0.379 e. The normalized spacial score (nSPS) is 11.1. The van der Waals surface area contributed by atoms with Gasteiger partial charge in [0.2, 0.25) is 0 Å². The third-order valence-corrected chi connectivity index (χ3v) is 3.44. The molecule has 2 rings (SSSR count). The van der Waals surface area contributed by atoms with Crippen molar-refractivity contribution >= 4 is 5.69 Å². The summed E-state index contributed by atoms with van der Waals surface area (Å²) in [5.74, 6) is 1.06. The number of anilines is 1. The number of rotatable bonds is 5. The van der Waals surface area contributed by atoms with Crippen LogP contribution in [-0.4, -0.2) is 9.97 Å². The predicted molar refractivity (Wildman–Crippen MR) is 84.0 cm³/mol.